The lowest BCUT2D eigenvalue weighted by Crippen LogP contribution is -2.34. The number of nitriles is 1. The van der Waals surface area contributed by atoms with Gasteiger partial charge in [0.2, 0.25) is 10.0 Å². The maximum absolute atomic E-state index is 12.8. The summed E-state index contributed by atoms with van der Waals surface area (Å²) in [6.45, 7) is 0.113. The van der Waals surface area contributed by atoms with Gasteiger partial charge in [-0.25, -0.2) is 13.2 Å². The Morgan fingerprint density at radius 3 is 2.73 bits per heavy atom. The number of sulfonamides is 1. The zero-order valence-corrected chi connectivity index (χ0v) is 13.5. The van der Waals surface area contributed by atoms with Gasteiger partial charge in [-0.1, -0.05) is 11.6 Å². The molecule has 0 amide bonds. The van der Waals surface area contributed by atoms with E-state index >= 15 is 0 Å². The van der Waals surface area contributed by atoms with Crippen molar-refractivity contribution >= 4 is 27.6 Å². The van der Waals surface area contributed by atoms with Gasteiger partial charge in [-0.2, -0.15) is 9.57 Å². The number of carbonyl (C=O) groups is 1. The van der Waals surface area contributed by atoms with Gasteiger partial charge < -0.3 is 4.74 Å². The average Bonchev–Trinajstić information content (AvgIpc) is 3.31. The Morgan fingerprint density at radius 1 is 1.50 bits per heavy atom. The molecule has 1 aromatic carbocycles. The molecule has 6 nitrogen and oxygen atoms in total. The van der Waals surface area contributed by atoms with Crippen LogP contribution in [0.2, 0.25) is 5.02 Å². The van der Waals surface area contributed by atoms with E-state index in [1.807, 2.05) is 6.07 Å². The number of methoxy groups -OCH3 is 1. The molecule has 0 atom stereocenters. The Hall–Kier alpha value is -1.62. The van der Waals surface area contributed by atoms with Crippen LogP contribution in [0, 0.1) is 11.3 Å². The van der Waals surface area contributed by atoms with Gasteiger partial charge in [0, 0.05) is 19.0 Å². The number of hydrogen-bond donors (Lipinski definition) is 0. The molecule has 1 saturated carbocycles. The maximum atomic E-state index is 12.8. The van der Waals surface area contributed by atoms with E-state index in [4.69, 9.17) is 16.9 Å². The predicted molar refractivity (Wildman–Crippen MR) is 79.9 cm³/mol. The molecule has 0 spiro atoms. The second-order valence-corrected chi connectivity index (χ2v) is 7.16. The van der Waals surface area contributed by atoms with Crippen LogP contribution < -0.4 is 0 Å². The topological polar surface area (TPSA) is 87.5 Å². The highest BCUT2D eigenvalue weighted by atomic mass is 35.5. The molecule has 0 saturated heterocycles. The third-order valence-corrected chi connectivity index (χ3v) is 5.77. The summed E-state index contributed by atoms with van der Waals surface area (Å²) >= 11 is 6.01. The number of halogens is 1. The van der Waals surface area contributed by atoms with Gasteiger partial charge in [-0.15, -0.1) is 0 Å². The molecule has 1 aliphatic carbocycles. The van der Waals surface area contributed by atoms with Crippen molar-refractivity contribution in [3.05, 3.63) is 28.8 Å². The molecule has 22 heavy (non-hydrogen) atoms. The Morgan fingerprint density at radius 2 is 2.18 bits per heavy atom. The van der Waals surface area contributed by atoms with Gasteiger partial charge in [-0.3, -0.25) is 0 Å². The molecule has 1 fully saturated rings. The first kappa shape index (κ1) is 16.7. The van der Waals surface area contributed by atoms with Crippen LogP contribution in [-0.4, -0.2) is 38.4 Å². The van der Waals surface area contributed by atoms with Gasteiger partial charge in [0.15, 0.2) is 0 Å². The fraction of sp³-hybridized carbons (Fsp3) is 0.429. The van der Waals surface area contributed by atoms with E-state index < -0.39 is 16.0 Å². The van der Waals surface area contributed by atoms with Crippen molar-refractivity contribution in [1.29, 1.82) is 5.26 Å². The summed E-state index contributed by atoms with van der Waals surface area (Å²) < 4.78 is 31.5. The summed E-state index contributed by atoms with van der Waals surface area (Å²) in [6.07, 6.45) is 1.63. The molecule has 1 aromatic rings. The number of benzene rings is 1. The lowest BCUT2D eigenvalue weighted by molar-refractivity contribution is 0.0600. The molecule has 8 heteroatoms. The lowest BCUT2D eigenvalue weighted by Gasteiger charge is -2.21. The highest BCUT2D eigenvalue weighted by Gasteiger charge is 2.38. The minimum absolute atomic E-state index is 0.0373. The number of carbonyl (C=O) groups excluding carboxylic acids is 1. The number of rotatable bonds is 6. The van der Waals surface area contributed by atoms with E-state index in [2.05, 4.69) is 4.74 Å². The molecule has 0 radical (unpaired) electrons. The second-order valence-electron chi connectivity index (χ2n) is 4.89. The van der Waals surface area contributed by atoms with Gasteiger partial charge >= 0.3 is 5.97 Å². The predicted octanol–water partition coefficient (Wildman–Crippen LogP) is 2.19. The molecule has 0 unspecified atom stereocenters. The molecule has 0 aliphatic heterocycles. The van der Waals surface area contributed by atoms with Gasteiger partial charge in [-0.05, 0) is 31.0 Å². The lowest BCUT2D eigenvalue weighted by atomic mass is 10.2. The fourth-order valence-electron chi connectivity index (χ4n) is 2.09. The van der Waals surface area contributed by atoms with Crippen LogP contribution in [0.3, 0.4) is 0 Å². The summed E-state index contributed by atoms with van der Waals surface area (Å²) in [6, 6.07) is 5.82. The molecule has 2 rings (SSSR count). The van der Waals surface area contributed by atoms with Crippen LogP contribution in [0.4, 0.5) is 0 Å². The fourth-order valence-corrected chi connectivity index (χ4v) is 4.28. The maximum Gasteiger partial charge on any atom is 0.337 e. The first-order valence-electron chi connectivity index (χ1n) is 6.68. The van der Waals surface area contributed by atoms with Gasteiger partial charge in [0.1, 0.15) is 4.90 Å². The van der Waals surface area contributed by atoms with Crippen molar-refractivity contribution in [2.75, 3.05) is 13.7 Å². The van der Waals surface area contributed by atoms with Crippen LogP contribution in [0.25, 0.3) is 0 Å². The van der Waals surface area contributed by atoms with Crippen LogP contribution >= 0.6 is 11.6 Å². The second kappa shape index (κ2) is 6.65. The summed E-state index contributed by atoms with van der Waals surface area (Å²) in [5.74, 6) is -0.636. The van der Waals surface area contributed by atoms with Crippen molar-refractivity contribution < 1.29 is 17.9 Å². The third-order valence-electron chi connectivity index (χ3n) is 3.34. The Labute approximate surface area is 134 Å². The molecule has 0 aromatic heterocycles. The van der Waals surface area contributed by atoms with E-state index in [0.717, 1.165) is 12.8 Å². The quantitative estimate of drug-likeness (QED) is 0.739. The van der Waals surface area contributed by atoms with E-state index in [1.165, 1.54) is 29.6 Å². The van der Waals surface area contributed by atoms with Crippen molar-refractivity contribution in [3.63, 3.8) is 0 Å². The minimum atomic E-state index is -3.86. The summed E-state index contributed by atoms with van der Waals surface area (Å²) in [7, 11) is -2.65. The highest BCUT2D eigenvalue weighted by molar-refractivity contribution is 7.89. The number of esters is 1. The van der Waals surface area contributed by atoms with Crippen molar-refractivity contribution in [2.24, 2.45) is 0 Å². The highest BCUT2D eigenvalue weighted by Crippen LogP contribution is 2.34. The normalized spacial score (nSPS) is 14.6. The minimum Gasteiger partial charge on any atom is -0.465 e. The monoisotopic (exact) mass is 342 g/mol. The molecule has 118 valence electrons. The summed E-state index contributed by atoms with van der Waals surface area (Å²) in [5.41, 5.74) is 0.113. The van der Waals surface area contributed by atoms with Crippen LogP contribution in [0.5, 0.6) is 0 Å². The number of ether oxygens (including phenoxy) is 1. The summed E-state index contributed by atoms with van der Waals surface area (Å²) in [4.78, 5) is 11.4. The third kappa shape index (κ3) is 3.40. The van der Waals surface area contributed by atoms with Crippen LogP contribution in [0.15, 0.2) is 23.1 Å². The standard InChI is InChI=1S/C14H15ClN2O4S/c1-21-14(18)10-3-6-12(15)13(9-10)22(19,20)17(8-2-7-16)11-4-5-11/h3,6,9,11H,2,4-5,8H2,1H3. The molecule has 0 heterocycles. The summed E-state index contributed by atoms with van der Waals surface area (Å²) in [5, 5.41) is 8.74. The zero-order valence-electron chi connectivity index (χ0n) is 12.0. The Bertz CT molecular complexity index is 723. The first-order chi connectivity index (χ1) is 10.4. The number of nitrogens with zero attached hydrogens (tertiary/aromatic N) is 2. The molecule has 0 bridgehead atoms. The van der Waals surface area contributed by atoms with E-state index in [-0.39, 0.29) is 34.5 Å². The number of hydrogen-bond acceptors (Lipinski definition) is 5. The van der Waals surface area contributed by atoms with E-state index in [9.17, 15) is 13.2 Å². The smallest absolute Gasteiger partial charge is 0.337 e. The van der Waals surface area contributed by atoms with E-state index in [0.29, 0.717) is 0 Å². The molecular weight excluding hydrogens is 328 g/mol. The Kier molecular flexibility index (Phi) is 5.06. The first-order valence-corrected chi connectivity index (χ1v) is 8.50. The Balaban J connectivity index is 2.43. The zero-order chi connectivity index (χ0) is 16.3. The van der Waals surface area contributed by atoms with Crippen molar-refractivity contribution in [1.82, 2.24) is 4.31 Å². The SMILES string of the molecule is COC(=O)c1ccc(Cl)c(S(=O)(=O)N(CCC#N)C2CC2)c1. The largest absolute Gasteiger partial charge is 0.465 e. The van der Waals surface area contributed by atoms with Crippen molar-refractivity contribution in [3.8, 4) is 6.07 Å². The van der Waals surface area contributed by atoms with E-state index in [1.54, 1.807) is 0 Å². The molecular formula is C14H15ClN2O4S. The van der Waals surface area contributed by atoms with Crippen molar-refractivity contribution in [2.45, 2.75) is 30.2 Å². The average molecular weight is 343 g/mol. The molecule has 0 N–H and O–H groups in total. The van der Waals surface area contributed by atoms with Crippen LogP contribution in [-0.2, 0) is 14.8 Å². The van der Waals surface area contributed by atoms with Gasteiger partial charge in [0.25, 0.3) is 0 Å². The van der Waals surface area contributed by atoms with Crippen LogP contribution in [0.1, 0.15) is 29.6 Å². The van der Waals surface area contributed by atoms with Gasteiger partial charge in [0.05, 0.1) is 23.8 Å². The molecule has 1 aliphatic rings.